The van der Waals surface area contributed by atoms with Crippen molar-refractivity contribution >= 4 is 27.5 Å². The molecular weight excluding hydrogens is 316 g/mol. The van der Waals surface area contributed by atoms with Crippen LogP contribution < -0.4 is 10.5 Å². The summed E-state index contributed by atoms with van der Waals surface area (Å²) in [4.78, 5) is 4.17. The summed E-state index contributed by atoms with van der Waals surface area (Å²) in [6, 6.07) is 7.31. The molecule has 0 fully saturated rings. The average Bonchev–Trinajstić information content (AvgIpc) is 2.35. The number of aromatic nitrogens is 1. The maximum absolute atomic E-state index is 6.07. The Morgan fingerprint density at radius 3 is 2.83 bits per heavy atom. The molecule has 1 aromatic heterocycles. The molecule has 0 unspecified atom stereocenters. The highest BCUT2D eigenvalue weighted by atomic mass is 79.9. The van der Waals surface area contributed by atoms with E-state index in [4.69, 9.17) is 22.1 Å². The van der Waals surface area contributed by atoms with Gasteiger partial charge in [0.05, 0.1) is 4.47 Å². The SMILES string of the molecule is Cc1ccnc(Oc2ccc(CN)c(Cl)c2)c1Br. The first-order valence-corrected chi connectivity index (χ1v) is 6.56. The number of ether oxygens (including phenoxy) is 1. The predicted octanol–water partition coefficient (Wildman–Crippen LogP) is 4.06. The number of rotatable bonds is 3. The number of pyridine rings is 1. The highest BCUT2D eigenvalue weighted by Crippen LogP contribution is 2.31. The summed E-state index contributed by atoms with van der Waals surface area (Å²) >= 11 is 9.52. The average molecular weight is 328 g/mol. The molecule has 18 heavy (non-hydrogen) atoms. The van der Waals surface area contributed by atoms with Gasteiger partial charge in [-0.15, -0.1) is 0 Å². The fourth-order valence-electron chi connectivity index (χ4n) is 1.46. The molecule has 0 radical (unpaired) electrons. The zero-order valence-corrected chi connectivity index (χ0v) is 12.1. The van der Waals surface area contributed by atoms with Crippen LogP contribution in [0.4, 0.5) is 0 Å². The first kappa shape index (κ1) is 13.3. The van der Waals surface area contributed by atoms with Crippen molar-refractivity contribution in [2.24, 2.45) is 5.73 Å². The van der Waals surface area contributed by atoms with Gasteiger partial charge in [0.1, 0.15) is 5.75 Å². The number of benzene rings is 1. The van der Waals surface area contributed by atoms with Crippen LogP contribution in [0.15, 0.2) is 34.9 Å². The van der Waals surface area contributed by atoms with Crippen LogP contribution in [0.5, 0.6) is 11.6 Å². The van der Waals surface area contributed by atoms with Crippen molar-refractivity contribution < 1.29 is 4.74 Å². The summed E-state index contributed by atoms with van der Waals surface area (Å²) in [5, 5.41) is 0.596. The quantitative estimate of drug-likeness (QED) is 0.925. The highest BCUT2D eigenvalue weighted by Gasteiger charge is 2.08. The number of aryl methyl sites for hydroxylation is 1. The lowest BCUT2D eigenvalue weighted by Gasteiger charge is -2.09. The molecule has 0 aliphatic heterocycles. The van der Waals surface area contributed by atoms with Crippen LogP contribution in [0.3, 0.4) is 0 Å². The molecular formula is C13H12BrClN2O. The second kappa shape index (κ2) is 5.69. The van der Waals surface area contributed by atoms with Crippen LogP contribution in [0.1, 0.15) is 11.1 Å². The van der Waals surface area contributed by atoms with Crippen molar-refractivity contribution in [2.75, 3.05) is 0 Å². The van der Waals surface area contributed by atoms with E-state index in [-0.39, 0.29) is 0 Å². The topological polar surface area (TPSA) is 48.1 Å². The molecule has 0 aliphatic rings. The van der Waals surface area contributed by atoms with Crippen molar-refractivity contribution in [1.82, 2.24) is 4.98 Å². The van der Waals surface area contributed by atoms with Crippen LogP contribution in [0.25, 0.3) is 0 Å². The summed E-state index contributed by atoms with van der Waals surface area (Å²) in [5.41, 5.74) is 7.50. The van der Waals surface area contributed by atoms with E-state index in [0.717, 1.165) is 15.6 Å². The van der Waals surface area contributed by atoms with Crippen molar-refractivity contribution in [2.45, 2.75) is 13.5 Å². The molecule has 0 aliphatic carbocycles. The van der Waals surface area contributed by atoms with Gasteiger partial charge in [-0.1, -0.05) is 17.7 Å². The Balaban J connectivity index is 2.29. The van der Waals surface area contributed by atoms with Crippen LogP contribution >= 0.6 is 27.5 Å². The van der Waals surface area contributed by atoms with Crippen LogP contribution in [-0.4, -0.2) is 4.98 Å². The molecule has 0 saturated carbocycles. The fraction of sp³-hybridized carbons (Fsp3) is 0.154. The molecule has 0 bridgehead atoms. The van der Waals surface area contributed by atoms with Gasteiger partial charge < -0.3 is 10.5 Å². The Hall–Kier alpha value is -1.10. The second-order valence-electron chi connectivity index (χ2n) is 3.81. The molecule has 1 aromatic carbocycles. The van der Waals surface area contributed by atoms with E-state index in [9.17, 15) is 0 Å². The van der Waals surface area contributed by atoms with Crippen molar-refractivity contribution in [3.8, 4) is 11.6 Å². The van der Waals surface area contributed by atoms with Gasteiger partial charge in [-0.3, -0.25) is 0 Å². The van der Waals surface area contributed by atoms with Gasteiger partial charge in [-0.05, 0) is 52.2 Å². The smallest absolute Gasteiger partial charge is 0.233 e. The highest BCUT2D eigenvalue weighted by molar-refractivity contribution is 9.10. The molecule has 5 heteroatoms. The van der Waals surface area contributed by atoms with Crippen molar-refractivity contribution in [1.29, 1.82) is 0 Å². The maximum Gasteiger partial charge on any atom is 0.233 e. The standard InChI is InChI=1S/C13H12BrClN2O/c1-8-4-5-17-13(12(8)14)18-10-3-2-9(7-16)11(15)6-10/h2-6H,7,16H2,1H3. The van der Waals surface area contributed by atoms with Gasteiger partial charge in [0.25, 0.3) is 0 Å². The minimum atomic E-state index is 0.408. The van der Waals surface area contributed by atoms with E-state index >= 15 is 0 Å². The van der Waals surface area contributed by atoms with E-state index in [1.807, 2.05) is 25.1 Å². The lowest BCUT2D eigenvalue weighted by atomic mass is 10.2. The predicted molar refractivity (Wildman–Crippen MR) is 76.1 cm³/mol. The second-order valence-corrected chi connectivity index (χ2v) is 5.01. The Labute approximate surface area is 119 Å². The molecule has 0 amide bonds. The number of hydrogen-bond donors (Lipinski definition) is 1. The third-order valence-corrected chi connectivity index (χ3v) is 3.83. The maximum atomic E-state index is 6.07. The monoisotopic (exact) mass is 326 g/mol. The molecule has 2 N–H and O–H groups in total. The number of hydrogen-bond acceptors (Lipinski definition) is 3. The van der Waals surface area contributed by atoms with E-state index in [1.165, 1.54) is 0 Å². The largest absolute Gasteiger partial charge is 0.438 e. The van der Waals surface area contributed by atoms with Gasteiger partial charge in [-0.2, -0.15) is 0 Å². The molecule has 1 heterocycles. The minimum absolute atomic E-state index is 0.408. The first-order chi connectivity index (χ1) is 8.61. The summed E-state index contributed by atoms with van der Waals surface area (Å²) in [6.45, 7) is 2.38. The molecule has 2 aromatic rings. The summed E-state index contributed by atoms with van der Waals surface area (Å²) in [7, 11) is 0. The molecule has 0 saturated heterocycles. The zero-order valence-electron chi connectivity index (χ0n) is 9.78. The number of nitrogens with two attached hydrogens (primary N) is 1. The number of halogens is 2. The molecule has 3 nitrogen and oxygen atoms in total. The third-order valence-electron chi connectivity index (χ3n) is 2.51. The van der Waals surface area contributed by atoms with Gasteiger partial charge in [0.15, 0.2) is 0 Å². The Kier molecular flexibility index (Phi) is 4.22. The lowest BCUT2D eigenvalue weighted by Crippen LogP contribution is -1.97. The third kappa shape index (κ3) is 2.83. The lowest BCUT2D eigenvalue weighted by molar-refractivity contribution is 0.459. The van der Waals surface area contributed by atoms with Crippen LogP contribution in [0, 0.1) is 6.92 Å². The van der Waals surface area contributed by atoms with Crippen LogP contribution in [-0.2, 0) is 6.54 Å². The molecule has 94 valence electrons. The van der Waals surface area contributed by atoms with Crippen molar-refractivity contribution in [3.63, 3.8) is 0 Å². The van der Waals surface area contributed by atoms with Crippen LogP contribution in [0.2, 0.25) is 5.02 Å². The number of nitrogens with zero attached hydrogens (tertiary/aromatic N) is 1. The first-order valence-electron chi connectivity index (χ1n) is 5.39. The van der Waals surface area contributed by atoms with Crippen molar-refractivity contribution in [3.05, 3.63) is 51.1 Å². The normalized spacial score (nSPS) is 10.4. The Morgan fingerprint density at radius 1 is 1.39 bits per heavy atom. The molecule has 2 rings (SSSR count). The summed E-state index contributed by atoms with van der Waals surface area (Å²) < 4.78 is 6.52. The van der Waals surface area contributed by atoms with E-state index < -0.39 is 0 Å². The van der Waals surface area contributed by atoms with E-state index in [1.54, 1.807) is 12.3 Å². The fourth-order valence-corrected chi connectivity index (χ4v) is 2.02. The van der Waals surface area contributed by atoms with Gasteiger partial charge >= 0.3 is 0 Å². The molecule has 0 spiro atoms. The summed E-state index contributed by atoms with van der Waals surface area (Å²) in [5.74, 6) is 1.16. The Bertz CT molecular complexity index is 575. The van der Waals surface area contributed by atoms with Gasteiger partial charge in [-0.25, -0.2) is 4.98 Å². The van der Waals surface area contributed by atoms with E-state index in [2.05, 4.69) is 20.9 Å². The van der Waals surface area contributed by atoms with Gasteiger partial charge in [0.2, 0.25) is 5.88 Å². The molecule has 0 atom stereocenters. The summed E-state index contributed by atoms with van der Waals surface area (Å²) in [6.07, 6.45) is 1.70. The van der Waals surface area contributed by atoms with Gasteiger partial charge in [0, 0.05) is 17.8 Å². The van der Waals surface area contributed by atoms with E-state index in [0.29, 0.717) is 23.2 Å². The minimum Gasteiger partial charge on any atom is -0.438 e. The zero-order chi connectivity index (χ0) is 13.1. The Morgan fingerprint density at radius 2 is 2.17 bits per heavy atom.